The minimum absolute atomic E-state index is 0.501. The standard InChI is InChI=1S/C16H26IN/c1-5-18-16(11-13(4)10-12(2)3)14-6-8-15(17)9-7-14/h6-9,12-13,16,18H,5,10-11H2,1-4H3. The van der Waals surface area contributed by atoms with Crippen molar-refractivity contribution in [2.75, 3.05) is 6.54 Å². The largest absolute Gasteiger partial charge is 0.310 e. The molecule has 0 saturated heterocycles. The van der Waals surface area contributed by atoms with Crippen LogP contribution in [0.2, 0.25) is 0 Å². The summed E-state index contributed by atoms with van der Waals surface area (Å²) in [6.07, 6.45) is 2.54. The van der Waals surface area contributed by atoms with Crippen molar-refractivity contribution in [3.63, 3.8) is 0 Å². The van der Waals surface area contributed by atoms with Gasteiger partial charge in [0, 0.05) is 9.61 Å². The molecule has 0 saturated carbocycles. The zero-order chi connectivity index (χ0) is 13.5. The zero-order valence-electron chi connectivity index (χ0n) is 12.0. The molecule has 0 aliphatic rings. The van der Waals surface area contributed by atoms with E-state index in [1.807, 2.05) is 0 Å². The van der Waals surface area contributed by atoms with Gasteiger partial charge in [-0.25, -0.2) is 0 Å². The van der Waals surface area contributed by atoms with Gasteiger partial charge < -0.3 is 5.32 Å². The van der Waals surface area contributed by atoms with Crippen molar-refractivity contribution in [1.29, 1.82) is 0 Å². The minimum Gasteiger partial charge on any atom is -0.310 e. The molecule has 2 atom stereocenters. The Bertz CT molecular complexity index is 331. The second kappa shape index (κ2) is 8.16. The molecule has 1 rings (SSSR count). The molecular formula is C16H26IN. The first-order valence-corrected chi connectivity index (χ1v) is 8.09. The van der Waals surface area contributed by atoms with Gasteiger partial charge in [-0.05, 0) is 71.5 Å². The molecule has 0 bridgehead atoms. The van der Waals surface area contributed by atoms with Crippen LogP contribution in [0.15, 0.2) is 24.3 Å². The van der Waals surface area contributed by atoms with Gasteiger partial charge in [-0.15, -0.1) is 0 Å². The van der Waals surface area contributed by atoms with Crippen molar-refractivity contribution in [1.82, 2.24) is 5.32 Å². The Morgan fingerprint density at radius 1 is 1.06 bits per heavy atom. The molecule has 102 valence electrons. The Morgan fingerprint density at radius 3 is 2.17 bits per heavy atom. The predicted molar refractivity (Wildman–Crippen MR) is 88.8 cm³/mol. The lowest BCUT2D eigenvalue weighted by Gasteiger charge is -2.23. The summed E-state index contributed by atoms with van der Waals surface area (Å²) >= 11 is 2.36. The number of halogens is 1. The molecule has 1 nitrogen and oxygen atoms in total. The van der Waals surface area contributed by atoms with Crippen LogP contribution in [0.3, 0.4) is 0 Å². The van der Waals surface area contributed by atoms with Gasteiger partial charge >= 0.3 is 0 Å². The lowest BCUT2D eigenvalue weighted by Crippen LogP contribution is -2.23. The molecule has 0 heterocycles. The van der Waals surface area contributed by atoms with Crippen LogP contribution in [-0.4, -0.2) is 6.54 Å². The number of nitrogens with one attached hydrogen (secondary N) is 1. The fourth-order valence-electron chi connectivity index (χ4n) is 2.58. The van der Waals surface area contributed by atoms with Gasteiger partial charge in [0.1, 0.15) is 0 Å². The van der Waals surface area contributed by atoms with Crippen molar-refractivity contribution in [2.24, 2.45) is 11.8 Å². The molecule has 1 N–H and O–H groups in total. The van der Waals surface area contributed by atoms with Crippen LogP contribution < -0.4 is 5.32 Å². The van der Waals surface area contributed by atoms with Gasteiger partial charge in [-0.1, -0.05) is 39.8 Å². The van der Waals surface area contributed by atoms with E-state index in [1.165, 1.54) is 22.0 Å². The van der Waals surface area contributed by atoms with Crippen molar-refractivity contribution < 1.29 is 0 Å². The molecule has 0 aliphatic carbocycles. The third-order valence-corrected chi connectivity index (χ3v) is 3.95. The highest BCUT2D eigenvalue weighted by Crippen LogP contribution is 2.25. The van der Waals surface area contributed by atoms with Gasteiger partial charge in [0.05, 0.1) is 0 Å². The molecule has 2 unspecified atom stereocenters. The summed E-state index contributed by atoms with van der Waals surface area (Å²) in [4.78, 5) is 0. The van der Waals surface area contributed by atoms with Gasteiger partial charge in [0.25, 0.3) is 0 Å². The highest BCUT2D eigenvalue weighted by molar-refractivity contribution is 14.1. The molecule has 1 aromatic rings. The minimum atomic E-state index is 0.501. The first-order chi connectivity index (χ1) is 8.52. The molecule has 2 heteroatoms. The SMILES string of the molecule is CCNC(CC(C)CC(C)C)c1ccc(I)cc1. The highest BCUT2D eigenvalue weighted by atomic mass is 127. The smallest absolute Gasteiger partial charge is 0.0322 e. The van der Waals surface area contributed by atoms with E-state index in [9.17, 15) is 0 Å². The lowest BCUT2D eigenvalue weighted by molar-refractivity contribution is 0.359. The quantitative estimate of drug-likeness (QED) is 0.675. The van der Waals surface area contributed by atoms with Crippen LogP contribution in [0, 0.1) is 15.4 Å². The molecular weight excluding hydrogens is 333 g/mol. The number of hydrogen-bond acceptors (Lipinski definition) is 1. The second-order valence-electron chi connectivity index (χ2n) is 5.63. The van der Waals surface area contributed by atoms with Crippen LogP contribution >= 0.6 is 22.6 Å². The summed E-state index contributed by atoms with van der Waals surface area (Å²) in [6.45, 7) is 10.2. The van der Waals surface area contributed by atoms with Gasteiger partial charge in [-0.3, -0.25) is 0 Å². The molecule has 0 spiro atoms. The highest BCUT2D eigenvalue weighted by Gasteiger charge is 2.15. The van der Waals surface area contributed by atoms with E-state index in [1.54, 1.807) is 0 Å². The summed E-state index contributed by atoms with van der Waals surface area (Å²) in [5, 5.41) is 3.62. The van der Waals surface area contributed by atoms with E-state index in [0.717, 1.165) is 18.4 Å². The molecule has 0 fully saturated rings. The van der Waals surface area contributed by atoms with E-state index >= 15 is 0 Å². The van der Waals surface area contributed by atoms with E-state index in [-0.39, 0.29) is 0 Å². The Hall–Kier alpha value is -0.0900. The number of benzene rings is 1. The monoisotopic (exact) mass is 359 g/mol. The predicted octanol–water partition coefficient (Wildman–Crippen LogP) is 5.01. The van der Waals surface area contributed by atoms with Crippen molar-refractivity contribution in [3.8, 4) is 0 Å². The third-order valence-electron chi connectivity index (χ3n) is 3.23. The van der Waals surface area contributed by atoms with Crippen LogP contribution in [-0.2, 0) is 0 Å². The molecule has 0 aliphatic heterocycles. The van der Waals surface area contributed by atoms with Crippen molar-refractivity contribution >= 4 is 22.6 Å². The Kier molecular flexibility index (Phi) is 7.23. The van der Waals surface area contributed by atoms with Gasteiger partial charge in [0.2, 0.25) is 0 Å². The maximum absolute atomic E-state index is 3.62. The van der Waals surface area contributed by atoms with E-state index in [2.05, 4.69) is 79.9 Å². The first kappa shape index (κ1) is 16.0. The van der Waals surface area contributed by atoms with Gasteiger partial charge in [0.15, 0.2) is 0 Å². The fourth-order valence-corrected chi connectivity index (χ4v) is 2.94. The summed E-state index contributed by atoms with van der Waals surface area (Å²) in [7, 11) is 0. The molecule has 0 amide bonds. The molecule has 1 aromatic carbocycles. The summed E-state index contributed by atoms with van der Waals surface area (Å²) in [5.74, 6) is 1.56. The van der Waals surface area contributed by atoms with Crippen LogP contribution in [0.1, 0.15) is 52.1 Å². The summed E-state index contributed by atoms with van der Waals surface area (Å²) < 4.78 is 1.31. The third kappa shape index (κ3) is 5.70. The van der Waals surface area contributed by atoms with Gasteiger partial charge in [-0.2, -0.15) is 0 Å². The zero-order valence-corrected chi connectivity index (χ0v) is 14.2. The lowest BCUT2D eigenvalue weighted by atomic mass is 9.90. The fraction of sp³-hybridized carbons (Fsp3) is 0.625. The Morgan fingerprint density at radius 2 is 1.67 bits per heavy atom. The summed E-state index contributed by atoms with van der Waals surface area (Å²) in [6, 6.07) is 9.43. The molecule has 0 radical (unpaired) electrons. The van der Waals surface area contributed by atoms with Crippen molar-refractivity contribution in [3.05, 3.63) is 33.4 Å². The van der Waals surface area contributed by atoms with E-state index in [0.29, 0.717) is 6.04 Å². The van der Waals surface area contributed by atoms with Crippen molar-refractivity contribution in [2.45, 2.75) is 46.6 Å². The average molecular weight is 359 g/mol. The van der Waals surface area contributed by atoms with E-state index in [4.69, 9.17) is 0 Å². The topological polar surface area (TPSA) is 12.0 Å². The van der Waals surface area contributed by atoms with Crippen LogP contribution in [0.25, 0.3) is 0 Å². The van der Waals surface area contributed by atoms with E-state index < -0.39 is 0 Å². The number of hydrogen-bond donors (Lipinski definition) is 1. The maximum atomic E-state index is 3.62. The van der Waals surface area contributed by atoms with Crippen LogP contribution in [0.4, 0.5) is 0 Å². The molecule has 0 aromatic heterocycles. The Labute approximate surface area is 126 Å². The second-order valence-corrected chi connectivity index (χ2v) is 6.88. The molecule has 18 heavy (non-hydrogen) atoms. The maximum Gasteiger partial charge on any atom is 0.0322 e. The average Bonchev–Trinajstić information content (AvgIpc) is 2.28. The number of rotatable bonds is 7. The first-order valence-electron chi connectivity index (χ1n) is 7.01. The Balaban J connectivity index is 2.67. The normalized spacial score (nSPS) is 14.8. The summed E-state index contributed by atoms with van der Waals surface area (Å²) in [5.41, 5.74) is 1.42. The van der Waals surface area contributed by atoms with Crippen LogP contribution in [0.5, 0.6) is 0 Å².